The number of amides is 1. The maximum Gasteiger partial charge on any atom is 0.234 e. The van der Waals surface area contributed by atoms with E-state index < -0.39 is 0 Å². The van der Waals surface area contributed by atoms with Gasteiger partial charge in [-0.15, -0.1) is 11.8 Å². The van der Waals surface area contributed by atoms with Crippen molar-refractivity contribution in [3.05, 3.63) is 83.9 Å². The van der Waals surface area contributed by atoms with Gasteiger partial charge in [0.2, 0.25) is 5.91 Å². The van der Waals surface area contributed by atoms with Crippen molar-refractivity contribution < 1.29 is 4.79 Å². The number of rotatable bonds is 6. The second-order valence-corrected chi connectivity index (χ2v) is 8.03. The highest BCUT2D eigenvalue weighted by atomic mass is 32.2. The minimum atomic E-state index is -0.0113. The first-order valence-corrected chi connectivity index (χ1v) is 10.6. The van der Waals surface area contributed by atoms with Crippen LogP contribution in [0.25, 0.3) is 0 Å². The molecule has 0 atom stereocenters. The third kappa shape index (κ3) is 6.34. The average molecular weight is 422 g/mol. The molecule has 0 saturated carbocycles. The smallest absolute Gasteiger partial charge is 0.234 e. The van der Waals surface area contributed by atoms with E-state index in [1.54, 1.807) is 0 Å². The third-order valence-electron chi connectivity index (χ3n) is 4.26. The molecule has 0 aliphatic carbocycles. The Hall–Kier alpha value is -2.83. The van der Waals surface area contributed by atoms with Gasteiger partial charge in [0.1, 0.15) is 0 Å². The zero-order valence-corrected chi connectivity index (χ0v) is 18.0. The van der Waals surface area contributed by atoms with Gasteiger partial charge in [0.15, 0.2) is 5.11 Å². The van der Waals surface area contributed by atoms with Gasteiger partial charge < -0.3 is 16.0 Å². The van der Waals surface area contributed by atoms with Gasteiger partial charge >= 0.3 is 0 Å². The molecular weight excluding hydrogens is 398 g/mol. The Labute approximate surface area is 181 Å². The number of anilines is 3. The van der Waals surface area contributed by atoms with Crippen LogP contribution in [-0.2, 0) is 4.79 Å². The highest BCUT2D eigenvalue weighted by molar-refractivity contribution is 8.00. The van der Waals surface area contributed by atoms with E-state index >= 15 is 0 Å². The molecule has 0 aromatic heterocycles. The summed E-state index contributed by atoms with van der Waals surface area (Å²) < 4.78 is 0. The Morgan fingerprint density at radius 1 is 0.793 bits per heavy atom. The van der Waals surface area contributed by atoms with Crippen molar-refractivity contribution in [2.24, 2.45) is 0 Å². The Morgan fingerprint density at radius 2 is 1.38 bits per heavy atom. The minimum absolute atomic E-state index is 0.0113. The normalized spacial score (nSPS) is 10.3. The lowest BCUT2D eigenvalue weighted by Gasteiger charge is -2.12. The van der Waals surface area contributed by atoms with Crippen LogP contribution >= 0.6 is 24.0 Å². The molecule has 3 N–H and O–H groups in total. The fourth-order valence-corrected chi connectivity index (χ4v) is 3.72. The molecule has 0 unspecified atom stereocenters. The summed E-state index contributed by atoms with van der Waals surface area (Å²) in [6, 6.07) is 23.6. The van der Waals surface area contributed by atoms with E-state index in [0.29, 0.717) is 10.9 Å². The summed E-state index contributed by atoms with van der Waals surface area (Å²) in [6.45, 7) is 4.00. The van der Waals surface area contributed by atoms with Crippen LogP contribution in [0.2, 0.25) is 0 Å². The van der Waals surface area contributed by atoms with Crippen LogP contribution in [0.4, 0.5) is 17.1 Å². The van der Waals surface area contributed by atoms with Gasteiger partial charge in [-0.3, -0.25) is 4.79 Å². The second-order valence-electron chi connectivity index (χ2n) is 6.57. The van der Waals surface area contributed by atoms with Gasteiger partial charge in [0.05, 0.1) is 5.75 Å². The monoisotopic (exact) mass is 421 g/mol. The topological polar surface area (TPSA) is 53.2 Å². The molecule has 0 bridgehead atoms. The van der Waals surface area contributed by atoms with Crippen molar-refractivity contribution >= 4 is 52.1 Å². The van der Waals surface area contributed by atoms with E-state index in [0.717, 1.165) is 33.1 Å². The van der Waals surface area contributed by atoms with Crippen LogP contribution < -0.4 is 16.0 Å². The zero-order valence-electron chi connectivity index (χ0n) is 16.4. The number of nitrogens with one attached hydrogen (secondary N) is 3. The van der Waals surface area contributed by atoms with Crippen LogP contribution in [0.3, 0.4) is 0 Å². The average Bonchev–Trinajstić information content (AvgIpc) is 2.71. The van der Waals surface area contributed by atoms with Crippen molar-refractivity contribution in [2.75, 3.05) is 21.7 Å². The molecule has 0 fully saturated rings. The number of thiocarbonyl (C=S) groups is 1. The van der Waals surface area contributed by atoms with Crippen LogP contribution in [0.5, 0.6) is 0 Å². The van der Waals surface area contributed by atoms with Gasteiger partial charge in [-0.2, -0.15) is 0 Å². The molecule has 1 amide bonds. The summed E-state index contributed by atoms with van der Waals surface area (Å²) in [4.78, 5) is 13.3. The van der Waals surface area contributed by atoms with Crippen LogP contribution in [0.15, 0.2) is 77.7 Å². The van der Waals surface area contributed by atoms with E-state index in [-0.39, 0.29) is 5.91 Å². The molecule has 0 aliphatic rings. The van der Waals surface area contributed by atoms with Crippen molar-refractivity contribution in [1.29, 1.82) is 0 Å². The van der Waals surface area contributed by atoms with E-state index in [1.807, 2.05) is 86.6 Å². The number of thioether (sulfide) groups is 1. The van der Waals surface area contributed by atoms with Crippen LogP contribution in [-0.4, -0.2) is 16.8 Å². The molecule has 0 aliphatic heterocycles. The Kier molecular flexibility index (Phi) is 7.27. The lowest BCUT2D eigenvalue weighted by Crippen LogP contribution is -2.18. The Balaban J connectivity index is 1.49. The highest BCUT2D eigenvalue weighted by Gasteiger charge is 2.08. The maximum absolute atomic E-state index is 12.3. The highest BCUT2D eigenvalue weighted by Crippen LogP contribution is 2.23. The van der Waals surface area contributed by atoms with Crippen LogP contribution in [0.1, 0.15) is 11.1 Å². The number of para-hydroxylation sites is 2. The predicted molar refractivity (Wildman–Crippen MR) is 128 cm³/mol. The number of carbonyl (C=O) groups excluding carboxylic acids is 1. The molecule has 4 nitrogen and oxygen atoms in total. The van der Waals surface area contributed by atoms with Gasteiger partial charge in [-0.1, -0.05) is 36.4 Å². The van der Waals surface area contributed by atoms with Crippen LogP contribution in [0, 0.1) is 13.8 Å². The lowest BCUT2D eigenvalue weighted by atomic mass is 10.1. The molecular formula is C23H23N3OS2. The minimum Gasteiger partial charge on any atom is -0.332 e. The first kappa shape index (κ1) is 20.9. The molecule has 0 saturated heterocycles. The van der Waals surface area contributed by atoms with Gasteiger partial charge in [0, 0.05) is 22.0 Å². The quantitative estimate of drug-likeness (QED) is 0.345. The summed E-state index contributed by atoms with van der Waals surface area (Å²) in [7, 11) is 0. The largest absolute Gasteiger partial charge is 0.332 e. The molecule has 148 valence electrons. The van der Waals surface area contributed by atoms with Gasteiger partial charge in [-0.05, 0) is 73.6 Å². The summed E-state index contributed by atoms with van der Waals surface area (Å²) in [5.41, 5.74) is 4.87. The molecule has 3 rings (SSSR count). The Morgan fingerprint density at radius 3 is 2.00 bits per heavy atom. The summed E-state index contributed by atoms with van der Waals surface area (Å²) >= 11 is 6.84. The fourth-order valence-electron chi connectivity index (χ4n) is 2.79. The third-order valence-corrected chi connectivity index (χ3v) is 5.48. The fraction of sp³-hybridized carbons (Fsp3) is 0.130. The molecule has 6 heteroatoms. The Bertz CT molecular complexity index is 969. The SMILES string of the molecule is Cc1cccc(C)c1NC(=O)CSc1ccc(NC(=S)Nc2ccccc2)cc1. The van der Waals surface area contributed by atoms with Gasteiger partial charge in [0.25, 0.3) is 0 Å². The van der Waals surface area contributed by atoms with E-state index in [1.165, 1.54) is 11.8 Å². The summed E-state index contributed by atoms with van der Waals surface area (Å²) in [6.07, 6.45) is 0. The molecule has 0 spiro atoms. The summed E-state index contributed by atoms with van der Waals surface area (Å²) in [5, 5.41) is 9.84. The number of hydrogen-bond acceptors (Lipinski definition) is 3. The predicted octanol–water partition coefficient (Wildman–Crippen LogP) is 5.84. The first-order chi connectivity index (χ1) is 14.0. The van der Waals surface area contributed by atoms with E-state index in [2.05, 4.69) is 16.0 Å². The number of benzene rings is 3. The van der Waals surface area contributed by atoms with E-state index in [9.17, 15) is 4.79 Å². The molecule has 0 radical (unpaired) electrons. The lowest BCUT2D eigenvalue weighted by molar-refractivity contribution is -0.113. The number of carbonyl (C=O) groups is 1. The first-order valence-electron chi connectivity index (χ1n) is 9.23. The van der Waals surface area contributed by atoms with Crippen molar-refractivity contribution in [1.82, 2.24) is 0 Å². The number of aryl methyl sites for hydroxylation is 2. The number of hydrogen-bond donors (Lipinski definition) is 3. The van der Waals surface area contributed by atoms with Crippen molar-refractivity contribution in [3.8, 4) is 0 Å². The molecule has 3 aromatic carbocycles. The molecule has 0 heterocycles. The summed E-state index contributed by atoms with van der Waals surface area (Å²) in [5.74, 6) is 0.344. The van der Waals surface area contributed by atoms with Crippen molar-refractivity contribution in [3.63, 3.8) is 0 Å². The maximum atomic E-state index is 12.3. The molecule has 3 aromatic rings. The second kappa shape index (κ2) is 10.1. The van der Waals surface area contributed by atoms with E-state index in [4.69, 9.17) is 12.2 Å². The molecule has 29 heavy (non-hydrogen) atoms. The van der Waals surface area contributed by atoms with Crippen molar-refractivity contribution in [2.45, 2.75) is 18.7 Å². The van der Waals surface area contributed by atoms with Gasteiger partial charge in [-0.25, -0.2) is 0 Å². The zero-order chi connectivity index (χ0) is 20.6. The standard InChI is InChI=1S/C23H23N3OS2/c1-16-7-6-8-17(2)22(16)26-21(27)15-29-20-13-11-19(12-14-20)25-23(28)24-18-9-4-3-5-10-18/h3-14H,15H2,1-2H3,(H,26,27)(H2,24,25,28).